The zero-order valence-corrected chi connectivity index (χ0v) is 14.8. The van der Waals surface area contributed by atoms with Crippen molar-refractivity contribution in [3.8, 4) is 0 Å². The van der Waals surface area contributed by atoms with Crippen molar-refractivity contribution < 1.29 is 4.92 Å². The summed E-state index contributed by atoms with van der Waals surface area (Å²) in [5.41, 5.74) is 0.725. The Labute approximate surface area is 146 Å². The van der Waals surface area contributed by atoms with Gasteiger partial charge in [0.2, 0.25) is 0 Å². The molecule has 1 aromatic heterocycles. The Hall–Kier alpha value is -2.41. The second kappa shape index (κ2) is 9.02. The Bertz CT molecular complexity index is 686. The van der Waals surface area contributed by atoms with Crippen molar-refractivity contribution in [1.82, 2.24) is 10.2 Å². The Morgan fingerprint density at radius 2 is 2.12 bits per heavy atom. The van der Waals surface area contributed by atoms with Gasteiger partial charge in [-0.1, -0.05) is 24.3 Å². The minimum Gasteiger partial charge on any atom is -0.357 e. The van der Waals surface area contributed by atoms with Gasteiger partial charge in [0.25, 0.3) is 5.69 Å². The number of nitrogens with one attached hydrogen (secondary N) is 1. The number of aliphatic imine (C=N–C) groups is 1. The first-order valence-corrected chi connectivity index (χ1v) is 8.74. The molecule has 128 valence electrons. The van der Waals surface area contributed by atoms with E-state index in [0.29, 0.717) is 5.56 Å². The molecular formula is C17H22N4O2S. The van der Waals surface area contributed by atoms with E-state index >= 15 is 0 Å². The maximum atomic E-state index is 11.1. The van der Waals surface area contributed by atoms with E-state index in [4.69, 9.17) is 0 Å². The van der Waals surface area contributed by atoms with Crippen molar-refractivity contribution in [3.63, 3.8) is 0 Å². The molecule has 0 spiro atoms. The molecule has 0 radical (unpaired) electrons. The predicted molar refractivity (Wildman–Crippen MR) is 98.6 cm³/mol. The molecule has 0 bridgehead atoms. The zero-order chi connectivity index (χ0) is 17.4. The lowest BCUT2D eigenvalue weighted by molar-refractivity contribution is -0.385. The number of nitrogens with zero attached hydrogens (tertiary/aromatic N) is 3. The highest BCUT2D eigenvalue weighted by Gasteiger charge is 2.13. The highest BCUT2D eigenvalue weighted by molar-refractivity contribution is 7.09. The van der Waals surface area contributed by atoms with Crippen LogP contribution in [0.25, 0.3) is 0 Å². The maximum Gasteiger partial charge on any atom is 0.274 e. The predicted octanol–water partition coefficient (Wildman–Crippen LogP) is 3.30. The van der Waals surface area contributed by atoms with E-state index in [9.17, 15) is 10.1 Å². The summed E-state index contributed by atoms with van der Waals surface area (Å²) in [6.45, 7) is 3.87. The van der Waals surface area contributed by atoms with Gasteiger partial charge in [0.05, 0.1) is 17.0 Å². The topological polar surface area (TPSA) is 70.8 Å². The first-order chi connectivity index (χ1) is 11.6. The quantitative estimate of drug-likeness (QED) is 0.361. The molecule has 0 saturated carbocycles. The molecule has 0 saturated heterocycles. The lowest BCUT2D eigenvalue weighted by atomic mass is 10.2. The van der Waals surface area contributed by atoms with Crippen LogP contribution in [-0.4, -0.2) is 35.9 Å². The third-order valence-corrected chi connectivity index (χ3v) is 4.49. The van der Waals surface area contributed by atoms with Crippen molar-refractivity contribution in [3.05, 3.63) is 62.3 Å². The van der Waals surface area contributed by atoms with Crippen molar-refractivity contribution in [2.45, 2.75) is 19.9 Å². The number of likely N-dealkylation sites (N-methyl/N-ethyl adjacent to an activating group) is 1. The maximum absolute atomic E-state index is 11.1. The average Bonchev–Trinajstić information content (AvgIpc) is 3.10. The lowest BCUT2D eigenvalue weighted by Gasteiger charge is -2.21. The van der Waals surface area contributed by atoms with Crippen molar-refractivity contribution in [1.29, 1.82) is 0 Å². The number of hydrogen-bond acceptors (Lipinski definition) is 4. The molecule has 0 atom stereocenters. The summed E-state index contributed by atoms with van der Waals surface area (Å²) < 4.78 is 0. The fourth-order valence-corrected chi connectivity index (χ4v) is 2.99. The normalized spacial score (nSPS) is 11.3. The van der Waals surface area contributed by atoms with Gasteiger partial charge in [0, 0.05) is 31.1 Å². The molecule has 0 aliphatic heterocycles. The number of para-hydroxylation sites is 1. The van der Waals surface area contributed by atoms with Crippen LogP contribution in [0.15, 0.2) is 46.8 Å². The van der Waals surface area contributed by atoms with Gasteiger partial charge in [-0.05, 0) is 24.8 Å². The van der Waals surface area contributed by atoms with Crippen molar-refractivity contribution >= 4 is 23.0 Å². The number of rotatable bonds is 7. The smallest absolute Gasteiger partial charge is 0.274 e. The van der Waals surface area contributed by atoms with E-state index in [1.165, 1.54) is 10.9 Å². The van der Waals surface area contributed by atoms with Crippen LogP contribution in [-0.2, 0) is 13.0 Å². The first-order valence-electron chi connectivity index (χ1n) is 7.86. The summed E-state index contributed by atoms with van der Waals surface area (Å²) >= 11 is 1.74. The van der Waals surface area contributed by atoms with E-state index in [2.05, 4.69) is 26.7 Å². The molecule has 1 aromatic carbocycles. The molecule has 1 N–H and O–H groups in total. The largest absolute Gasteiger partial charge is 0.357 e. The zero-order valence-electron chi connectivity index (χ0n) is 13.9. The molecule has 2 rings (SSSR count). The second-order valence-corrected chi connectivity index (χ2v) is 6.34. The van der Waals surface area contributed by atoms with Gasteiger partial charge in [-0.15, -0.1) is 11.3 Å². The van der Waals surface area contributed by atoms with Gasteiger partial charge in [-0.3, -0.25) is 10.1 Å². The van der Waals surface area contributed by atoms with Crippen molar-refractivity contribution in [2.24, 2.45) is 4.99 Å². The molecule has 1 heterocycles. The fourth-order valence-electron chi connectivity index (χ4n) is 2.29. The van der Waals surface area contributed by atoms with E-state index in [1.807, 2.05) is 20.0 Å². The molecule has 6 nitrogen and oxygen atoms in total. The number of nitro benzene ring substituents is 1. The number of nitro groups is 1. The first kappa shape index (κ1) is 17.9. The highest BCUT2D eigenvalue weighted by atomic mass is 32.1. The van der Waals surface area contributed by atoms with Crippen LogP contribution in [0, 0.1) is 10.1 Å². The highest BCUT2D eigenvalue weighted by Crippen LogP contribution is 2.18. The van der Waals surface area contributed by atoms with Gasteiger partial charge in [-0.25, -0.2) is 4.99 Å². The van der Waals surface area contributed by atoms with Gasteiger partial charge in [0.1, 0.15) is 0 Å². The molecule has 7 heteroatoms. The van der Waals surface area contributed by atoms with Crippen LogP contribution in [0.5, 0.6) is 0 Å². The summed E-state index contributed by atoms with van der Waals surface area (Å²) in [6, 6.07) is 10.9. The SMILES string of the molecule is CCNC(=NCc1ccccc1[N+](=O)[O-])N(C)CCc1cccs1. The van der Waals surface area contributed by atoms with E-state index in [-0.39, 0.29) is 17.2 Å². The molecule has 2 aromatic rings. The van der Waals surface area contributed by atoms with Crippen LogP contribution >= 0.6 is 11.3 Å². The Kier molecular flexibility index (Phi) is 6.74. The molecule has 0 fully saturated rings. The average molecular weight is 346 g/mol. The second-order valence-electron chi connectivity index (χ2n) is 5.31. The molecule has 0 aliphatic carbocycles. The summed E-state index contributed by atoms with van der Waals surface area (Å²) in [5.74, 6) is 0.757. The van der Waals surface area contributed by atoms with E-state index in [0.717, 1.165) is 25.5 Å². The third-order valence-electron chi connectivity index (χ3n) is 3.56. The molecule has 0 aliphatic rings. The number of hydrogen-bond donors (Lipinski definition) is 1. The summed E-state index contributed by atoms with van der Waals surface area (Å²) in [7, 11) is 1.98. The molecule has 0 unspecified atom stereocenters. The Morgan fingerprint density at radius 1 is 1.33 bits per heavy atom. The minimum absolute atomic E-state index is 0.110. The summed E-state index contributed by atoms with van der Waals surface area (Å²) in [6.07, 6.45) is 0.948. The summed E-state index contributed by atoms with van der Waals surface area (Å²) in [5, 5.41) is 16.4. The van der Waals surface area contributed by atoms with Crippen LogP contribution in [0.4, 0.5) is 5.69 Å². The van der Waals surface area contributed by atoms with Gasteiger partial charge in [0.15, 0.2) is 5.96 Å². The Morgan fingerprint density at radius 3 is 2.79 bits per heavy atom. The number of benzene rings is 1. The fraction of sp³-hybridized carbons (Fsp3) is 0.353. The lowest BCUT2D eigenvalue weighted by Crippen LogP contribution is -2.39. The molecule has 24 heavy (non-hydrogen) atoms. The van der Waals surface area contributed by atoms with Crippen LogP contribution in [0.1, 0.15) is 17.4 Å². The monoisotopic (exact) mass is 346 g/mol. The van der Waals surface area contributed by atoms with Crippen LogP contribution in [0.3, 0.4) is 0 Å². The van der Waals surface area contributed by atoms with E-state index in [1.54, 1.807) is 29.5 Å². The standard InChI is InChI=1S/C17H22N4O2S/c1-3-18-17(20(2)11-10-15-8-6-12-24-15)19-13-14-7-4-5-9-16(14)21(22)23/h4-9,12H,3,10-11,13H2,1-2H3,(H,18,19). The van der Waals surface area contributed by atoms with Gasteiger partial charge < -0.3 is 10.2 Å². The van der Waals surface area contributed by atoms with E-state index < -0.39 is 0 Å². The van der Waals surface area contributed by atoms with Gasteiger partial charge in [-0.2, -0.15) is 0 Å². The molecular weight excluding hydrogens is 324 g/mol. The van der Waals surface area contributed by atoms with Crippen molar-refractivity contribution in [2.75, 3.05) is 20.1 Å². The van der Waals surface area contributed by atoms with Crippen LogP contribution < -0.4 is 5.32 Å². The Balaban J connectivity index is 2.06. The number of guanidine groups is 1. The number of thiophene rings is 1. The minimum atomic E-state index is -0.363. The van der Waals surface area contributed by atoms with Gasteiger partial charge >= 0.3 is 0 Å². The van der Waals surface area contributed by atoms with Crippen LogP contribution in [0.2, 0.25) is 0 Å². The third kappa shape index (κ3) is 5.06. The summed E-state index contributed by atoms with van der Waals surface area (Å²) in [4.78, 5) is 18.7. The molecule has 0 amide bonds.